The van der Waals surface area contributed by atoms with Gasteiger partial charge in [-0.25, -0.2) is 0 Å². The average Bonchev–Trinajstić information content (AvgIpc) is 2.84. The summed E-state index contributed by atoms with van der Waals surface area (Å²) in [4.78, 5) is 0. The topological polar surface area (TPSA) is 32.3 Å². The van der Waals surface area contributed by atoms with Gasteiger partial charge in [-0.05, 0) is 99.3 Å². The van der Waals surface area contributed by atoms with E-state index >= 15 is 0 Å². The lowest BCUT2D eigenvalue weighted by Gasteiger charge is -2.61. The molecule has 4 saturated carbocycles. The quantitative estimate of drug-likeness (QED) is 0.768. The van der Waals surface area contributed by atoms with Crippen molar-refractivity contribution in [1.82, 2.24) is 5.32 Å². The Morgan fingerprint density at radius 3 is 2.36 bits per heavy atom. The van der Waals surface area contributed by atoms with Gasteiger partial charge >= 0.3 is 0 Å². The van der Waals surface area contributed by atoms with E-state index in [-0.39, 0.29) is 6.10 Å². The van der Waals surface area contributed by atoms with Gasteiger partial charge in [0.2, 0.25) is 0 Å². The Hall–Kier alpha value is -0.0800. The molecule has 4 aliphatic rings. The molecule has 126 valence electrons. The number of rotatable bonds is 1. The Balaban J connectivity index is 1.61. The van der Waals surface area contributed by atoms with Gasteiger partial charge in [0.25, 0.3) is 0 Å². The first-order valence-electron chi connectivity index (χ1n) is 9.84. The second-order valence-corrected chi connectivity index (χ2v) is 9.55. The molecule has 2 heteroatoms. The zero-order valence-corrected chi connectivity index (χ0v) is 14.8. The third-order valence-corrected chi connectivity index (χ3v) is 8.99. The number of hydrogen-bond donors (Lipinski definition) is 2. The van der Waals surface area contributed by atoms with Crippen molar-refractivity contribution in [2.75, 3.05) is 7.05 Å². The normalized spacial score (nSPS) is 57.8. The number of nitrogens with one attached hydrogen (secondary N) is 1. The summed E-state index contributed by atoms with van der Waals surface area (Å²) in [5, 5.41) is 13.7. The molecular formula is C20H35NO. The SMILES string of the molecule is CN[C@@H]1CCC2C3CC[C@H]4C[C@H](O)CC[C@]4(C)C3CC[C@@]21C. The van der Waals surface area contributed by atoms with Gasteiger partial charge in [0.1, 0.15) is 0 Å². The summed E-state index contributed by atoms with van der Waals surface area (Å²) >= 11 is 0. The molecule has 4 fully saturated rings. The van der Waals surface area contributed by atoms with Crippen molar-refractivity contribution in [3.8, 4) is 0 Å². The summed E-state index contributed by atoms with van der Waals surface area (Å²) in [6, 6.07) is 0.747. The van der Waals surface area contributed by atoms with Crippen molar-refractivity contribution in [2.45, 2.75) is 83.8 Å². The van der Waals surface area contributed by atoms with Crippen molar-refractivity contribution >= 4 is 0 Å². The minimum absolute atomic E-state index is 0.0105. The minimum Gasteiger partial charge on any atom is -0.393 e. The van der Waals surface area contributed by atoms with Crippen LogP contribution in [0.15, 0.2) is 0 Å². The largest absolute Gasteiger partial charge is 0.393 e. The van der Waals surface area contributed by atoms with Gasteiger partial charge in [-0.2, -0.15) is 0 Å². The maximum absolute atomic E-state index is 10.1. The molecule has 4 aliphatic carbocycles. The van der Waals surface area contributed by atoms with Crippen LogP contribution in [-0.2, 0) is 0 Å². The number of fused-ring (bicyclic) bond motifs is 5. The van der Waals surface area contributed by atoms with Crippen molar-refractivity contribution in [1.29, 1.82) is 0 Å². The molecule has 8 atom stereocenters. The van der Waals surface area contributed by atoms with Gasteiger partial charge in [0, 0.05) is 6.04 Å². The molecule has 0 aromatic carbocycles. The molecule has 0 aliphatic heterocycles. The van der Waals surface area contributed by atoms with E-state index in [0.717, 1.165) is 42.6 Å². The maximum Gasteiger partial charge on any atom is 0.0543 e. The highest BCUT2D eigenvalue weighted by atomic mass is 16.3. The van der Waals surface area contributed by atoms with Crippen molar-refractivity contribution in [2.24, 2.45) is 34.5 Å². The zero-order valence-electron chi connectivity index (χ0n) is 14.8. The monoisotopic (exact) mass is 305 g/mol. The lowest BCUT2D eigenvalue weighted by atomic mass is 9.45. The van der Waals surface area contributed by atoms with E-state index in [0.29, 0.717) is 10.8 Å². The van der Waals surface area contributed by atoms with Gasteiger partial charge in [0.05, 0.1) is 6.10 Å². The van der Waals surface area contributed by atoms with E-state index in [1.807, 2.05) is 0 Å². The zero-order chi connectivity index (χ0) is 15.5. The molecule has 0 amide bonds. The number of hydrogen-bond acceptors (Lipinski definition) is 2. The Labute approximate surface area is 136 Å². The van der Waals surface area contributed by atoms with Crippen LogP contribution >= 0.6 is 0 Å². The van der Waals surface area contributed by atoms with Crippen molar-refractivity contribution < 1.29 is 5.11 Å². The number of aliphatic hydroxyl groups excluding tert-OH is 1. The molecule has 0 bridgehead atoms. The molecule has 0 radical (unpaired) electrons. The van der Waals surface area contributed by atoms with Gasteiger partial charge in [-0.1, -0.05) is 13.8 Å². The van der Waals surface area contributed by atoms with E-state index in [2.05, 4.69) is 26.2 Å². The van der Waals surface area contributed by atoms with Crippen LogP contribution in [0.5, 0.6) is 0 Å². The Morgan fingerprint density at radius 1 is 0.864 bits per heavy atom. The van der Waals surface area contributed by atoms with Crippen LogP contribution < -0.4 is 5.32 Å². The van der Waals surface area contributed by atoms with Gasteiger partial charge in [-0.3, -0.25) is 0 Å². The van der Waals surface area contributed by atoms with Crippen molar-refractivity contribution in [3.63, 3.8) is 0 Å². The van der Waals surface area contributed by atoms with E-state index < -0.39 is 0 Å². The van der Waals surface area contributed by atoms with Crippen LogP contribution in [-0.4, -0.2) is 24.3 Å². The summed E-state index contributed by atoms with van der Waals surface area (Å²) in [5.41, 5.74) is 1.08. The molecule has 4 rings (SSSR count). The van der Waals surface area contributed by atoms with E-state index in [1.54, 1.807) is 0 Å². The van der Waals surface area contributed by atoms with Crippen LogP contribution in [0.2, 0.25) is 0 Å². The third kappa shape index (κ3) is 1.99. The fourth-order valence-corrected chi connectivity index (χ4v) is 7.71. The minimum atomic E-state index is -0.0105. The molecule has 22 heavy (non-hydrogen) atoms. The molecule has 0 saturated heterocycles. The molecule has 0 heterocycles. The second-order valence-electron chi connectivity index (χ2n) is 9.55. The average molecular weight is 306 g/mol. The van der Waals surface area contributed by atoms with E-state index in [1.165, 1.54) is 44.9 Å². The molecular weight excluding hydrogens is 270 g/mol. The Kier molecular flexibility index (Phi) is 3.66. The highest BCUT2D eigenvalue weighted by Crippen LogP contribution is 2.66. The third-order valence-electron chi connectivity index (χ3n) is 8.99. The van der Waals surface area contributed by atoms with Crippen molar-refractivity contribution in [3.05, 3.63) is 0 Å². The van der Waals surface area contributed by atoms with Crippen LogP contribution in [0.4, 0.5) is 0 Å². The van der Waals surface area contributed by atoms with Gasteiger partial charge in [0.15, 0.2) is 0 Å². The summed E-state index contributed by atoms with van der Waals surface area (Å²) in [5.74, 6) is 3.65. The molecule has 3 unspecified atom stereocenters. The highest BCUT2D eigenvalue weighted by molar-refractivity contribution is 5.10. The van der Waals surface area contributed by atoms with Crippen LogP contribution in [0.25, 0.3) is 0 Å². The summed E-state index contributed by atoms with van der Waals surface area (Å²) < 4.78 is 0. The van der Waals surface area contributed by atoms with Crippen LogP contribution in [0.3, 0.4) is 0 Å². The predicted octanol–water partition coefficient (Wildman–Crippen LogP) is 3.98. The second kappa shape index (κ2) is 5.21. The first-order valence-corrected chi connectivity index (χ1v) is 9.84. The smallest absolute Gasteiger partial charge is 0.0543 e. The maximum atomic E-state index is 10.1. The highest BCUT2D eigenvalue weighted by Gasteiger charge is 2.59. The molecule has 0 aromatic heterocycles. The predicted molar refractivity (Wildman–Crippen MR) is 90.6 cm³/mol. The Morgan fingerprint density at radius 2 is 1.59 bits per heavy atom. The fourth-order valence-electron chi connectivity index (χ4n) is 7.71. The summed E-state index contributed by atoms with van der Waals surface area (Å²) in [6.07, 6.45) is 11.9. The molecule has 2 N–H and O–H groups in total. The van der Waals surface area contributed by atoms with Crippen LogP contribution in [0.1, 0.15) is 71.6 Å². The summed E-state index contributed by atoms with van der Waals surface area (Å²) in [6.45, 7) is 5.18. The standard InChI is InChI=1S/C20H35NO/c1-19-10-8-14(22)12-13(19)4-5-15-16-6-7-18(21-3)20(16,2)11-9-17(15)19/h13-18,21-22H,4-12H2,1-3H3/t13-,14+,15?,16?,17?,18+,19-,20-/m0/s1. The first kappa shape index (κ1) is 15.4. The van der Waals surface area contributed by atoms with Crippen LogP contribution in [0, 0.1) is 34.5 Å². The van der Waals surface area contributed by atoms with Gasteiger partial charge in [-0.15, -0.1) is 0 Å². The molecule has 2 nitrogen and oxygen atoms in total. The van der Waals surface area contributed by atoms with E-state index in [9.17, 15) is 5.11 Å². The molecule has 0 aromatic rings. The first-order chi connectivity index (χ1) is 10.5. The fraction of sp³-hybridized carbons (Fsp3) is 1.00. The van der Waals surface area contributed by atoms with Gasteiger partial charge < -0.3 is 10.4 Å². The lowest BCUT2D eigenvalue weighted by Crippen LogP contribution is -2.55. The lowest BCUT2D eigenvalue weighted by molar-refractivity contribution is -0.123. The number of aliphatic hydroxyl groups is 1. The Bertz CT molecular complexity index is 437. The summed E-state index contributed by atoms with van der Waals surface area (Å²) in [7, 11) is 2.17. The molecule has 0 spiro atoms. The van der Waals surface area contributed by atoms with E-state index in [4.69, 9.17) is 0 Å².